The molecule has 34 heavy (non-hydrogen) atoms. The number of hydrogen-bond acceptors (Lipinski definition) is 5. The first-order chi connectivity index (χ1) is 16.3. The number of halogens is 1. The first-order valence-corrected chi connectivity index (χ1v) is 11.9. The summed E-state index contributed by atoms with van der Waals surface area (Å²) in [5, 5.41) is 12.1. The lowest BCUT2D eigenvalue weighted by Crippen LogP contribution is -2.33. The summed E-state index contributed by atoms with van der Waals surface area (Å²) in [4.78, 5) is 17.0. The van der Waals surface area contributed by atoms with Crippen LogP contribution in [0.15, 0.2) is 72.1 Å². The maximum atomic E-state index is 13.2. The van der Waals surface area contributed by atoms with Crippen LogP contribution in [0.5, 0.6) is 0 Å². The zero-order valence-corrected chi connectivity index (χ0v) is 20.3. The fourth-order valence-electron chi connectivity index (χ4n) is 3.51. The van der Waals surface area contributed by atoms with Gasteiger partial charge >= 0.3 is 0 Å². The third-order valence-electron chi connectivity index (χ3n) is 5.70. The van der Waals surface area contributed by atoms with E-state index in [-0.39, 0.29) is 17.8 Å². The minimum absolute atomic E-state index is 0.137. The smallest absolute Gasteiger partial charge is 0.233 e. The molecule has 2 heterocycles. The van der Waals surface area contributed by atoms with Crippen molar-refractivity contribution < 1.29 is 9.18 Å². The van der Waals surface area contributed by atoms with Crippen LogP contribution in [-0.4, -0.2) is 30.9 Å². The maximum absolute atomic E-state index is 13.2. The van der Waals surface area contributed by atoms with Crippen LogP contribution in [0.1, 0.15) is 36.6 Å². The highest BCUT2D eigenvalue weighted by atomic mass is 32.2. The molecule has 0 saturated heterocycles. The van der Waals surface area contributed by atoms with Crippen molar-refractivity contribution in [3.05, 3.63) is 89.5 Å². The van der Waals surface area contributed by atoms with E-state index in [1.54, 1.807) is 24.5 Å². The third-order valence-corrected chi connectivity index (χ3v) is 6.74. The van der Waals surface area contributed by atoms with Crippen molar-refractivity contribution >= 4 is 17.7 Å². The molecule has 1 amide bonds. The molecular weight excluding hydrogens is 449 g/mol. The average molecular weight is 476 g/mol. The molecule has 1 N–H and O–H groups in total. The number of aryl methyl sites for hydroxylation is 2. The number of carbonyl (C=O) groups is 1. The summed E-state index contributed by atoms with van der Waals surface area (Å²) < 4.78 is 15.2. The molecule has 8 heteroatoms. The van der Waals surface area contributed by atoms with Gasteiger partial charge in [0.05, 0.1) is 17.0 Å². The predicted molar refractivity (Wildman–Crippen MR) is 132 cm³/mol. The molecule has 2 aromatic heterocycles. The Labute approximate surface area is 202 Å². The standard InChI is InChI=1S/C26H26FN5OS/c1-16-5-10-23(15-17(16)2)32-24(21-11-13-28-14-12-21)30-31-26(32)34-19(4)25(33)29-18(3)20-6-8-22(27)9-7-20/h5-15,18-19H,1-4H3,(H,29,33). The summed E-state index contributed by atoms with van der Waals surface area (Å²) in [6.07, 6.45) is 3.43. The molecular formula is C26H26FN5OS. The lowest BCUT2D eigenvalue weighted by molar-refractivity contribution is -0.120. The number of aromatic nitrogens is 4. The van der Waals surface area contributed by atoms with Crippen molar-refractivity contribution in [2.45, 2.75) is 44.1 Å². The predicted octanol–water partition coefficient (Wildman–Crippen LogP) is 5.44. The Morgan fingerprint density at radius 1 is 0.971 bits per heavy atom. The summed E-state index contributed by atoms with van der Waals surface area (Å²) in [6.45, 7) is 7.85. The van der Waals surface area contributed by atoms with E-state index in [1.807, 2.05) is 36.6 Å². The van der Waals surface area contributed by atoms with E-state index in [9.17, 15) is 9.18 Å². The fourth-order valence-corrected chi connectivity index (χ4v) is 4.39. The summed E-state index contributed by atoms with van der Waals surface area (Å²) in [5.74, 6) is 0.240. The van der Waals surface area contributed by atoms with Crippen molar-refractivity contribution in [2.75, 3.05) is 0 Å². The molecule has 0 aliphatic rings. The zero-order valence-electron chi connectivity index (χ0n) is 19.5. The Kier molecular flexibility index (Phi) is 7.07. The molecule has 2 aromatic carbocycles. The van der Waals surface area contributed by atoms with Crippen molar-refractivity contribution in [1.82, 2.24) is 25.1 Å². The van der Waals surface area contributed by atoms with Gasteiger partial charge in [-0.25, -0.2) is 4.39 Å². The molecule has 174 valence electrons. The normalized spacial score (nSPS) is 12.9. The molecule has 0 aliphatic carbocycles. The van der Waals surface area contributed by atoms with Gasteiger partial charge in [-0.15, -0.1) is 10.2 Å². The van der Waals surface area contributed by atoms with Crippen molar-refractivity contribution in [3.63, 3.8) is 0 Å². The van der Waals surface area contributed by atoms with Crippen molar-refractivity contribution in [3.8, 4) is 17.1 Å². The second-order valence-electron chi connectivity index (χ2n) is 8.19. The highest BCUT2D eigenvalue weighted by Gasteiger charge is 2.23. The molecule has 6 nitrogen and oxygen atoms in total. The summed E-state index contributed by atoms with van der Waals surface area (Å²) in [6, 6.07) is 15.8. The lowest BCUT2D eigenvalue weighted by atomic mass is 10.1. The Hall–Kier alpha value is -3.52. The van der Waals surface area contributed by atoms with Gasteiger partial charge in [0.1, 0.15) is 5.82 Å². The number of hydrogen-bond donors (Lipinski definition) is 1. The van der Waals surface area contributed by atoms with E-state index < -0.39 is 5.25 Å². The number of nitrogens with zero attached hydrogens (tertiary/aromatic N) is 4. The van der Waals surface area contributed by atoms with Crippen molar-refractivity contribution in [2.24, 2.45) is 0 Å². The molecule has 0 fully saturated rings. The number of thioether (sulfide) groups is 1. The SMILES string of the molecule is Cc1ccc(-n2c(SC(C)C(=O)NC(C)c3ccc(F)cc3)nnc2-c2ccncc2)cc1C. The van der Waals surface area contributed by atoms with E-state index in [0.717, 1.165) is 22.4 Å². The summed E-state index contributed by atoms with van der Waals surface area (Å²) >= 11 is 1.34. The third kappa shape index (κ3) is 5.17. The van der Waals surface area contributed by atoms with Crippen LogP contribution < -0.4 is 5.32 Å². The number of amides is 1. The monoisotopic (exact) mass is 475 g/mol. The maximum Gasteiger partial charge on any atom is 0.233 e. The van der Waals surface area contributed by atoms with Gasteiger partial charge in [-0.2, -0.15) is 0 Å². The molecule has 4 aromatic rings. The summed E-state index contributed by atoms with van der Waals surface area (Å²) in [5.41, 5.74) is 5.00. The number of rotatable bonds is 7. The van der Waals surface area contributed by atoms with Gasteiger partial charge in [0.25, 0.3) is 0 Å². The van der Waals surface area contributed by atoms with Gasteiger partial charge in [-0.1, -0.05) is 30.0 Å². The molecule has 4 rings (SSSR count). The van der Waals surface area contributed by atoms with Gasteiger partial charge in [-0.3, -0.25) is 14.3 Å². The van der Waals surface area contributed by atoms with Crippen molar-refractivity contribution in [1.29, 1.82) is 0 Å². The van der Waals surface area contributed by atoms with Gasteiger partial charge in [0.2, 0.25) is 5.91 Å². The van der Waals surface area contributed by atoms with Crippen LogP contribution in [0, 0.1) is 19.7 Å². The molecule has 0 bridgehead atoms. The van der Waals surface area contributed by atoms with Crippen LogP contribution in [-0.2, 0) is 4.79 Å². The first-order valence-electron chi connectivity index (χ1n) is 11.0. The van der Waals surface area contributed by atoms with E-state index in [4.69, 9.17) is 0 Å². The number of pyridine rings is 1. The van der Waals surface area contributed by atoms with E-state index in [0.29, 0.717) is 11.0 Å². The number of nitrogens with one attached hydrogen (secondary N) is 1. The zero-order chi connectivity index (χ0) is 24.2. The molecule has 2 atom stereocenters. The quantitative estimate of drug-likeness (QED) is 0.360. The van der Waals surface area contributed by atoms with Gasteiger partial charge in [0.15, 0.2) is 11.0 Å². The first kappa shape index (κ1) is 23.6. The van der Waals surface area contributed by atoms with E-state index in [2.05, 4.69) is 46.5 Å². The molecule has 0 saturated carbocycles. The largest absolute Gasteiger partial charge is 0.349 e. The van der Waals surface area contributed by atoms with E-state index in [1.165, 1.54) is 29.5 Å². The number of carbonyl (C=O) groups excluding carboxylic acids is 1. The fraction of sp³-hybridized carbons (Fsp3) is 0.231. The molecule has 0 spiro atoms. The minimum atomic E-state index is -0.428. The second-order valence-corrected chi connectivity index (χ2v) is 9.50. The highest BCUT2D eigenvalue weighted by Crippen LogP contribution is 2.31. The lowest BCUT2D eigenvalue weighted by Gasteiger charge is -2.18. The highest BCUT2D eigenvalue weighted by molar-refractivity contribution is 8.00. The minimum Gasteiger partial charge on any atom is -0.349 e. The molecule has 0 aliphatic heterocycles. The van der Waals surface area contributed by atoms with Crippen LogP contribution >= 0.6 is 11.8 Å². The van der Waals surface area contributed by atoms with E-state index >= 15 is 0 Å². The molecule has 0 radical (unpaired) electrons. The van der Waals surface area contributed by atoms with Crippen LogP contribution in [0.2, 0.25) is 0 Å². The topological polar surface area (TPSA) is 72.7 Å². The van der Waals surface area contributed by atoms with Crippen LogP contribution in [0.25, 0.3) is 17.1 Å². The second kappa shape index (κ2) is 10.2. The summed E-state index contributed by atoms with van der Waals surface area (Å²) in [7, 11) is 0. The average Bonchev–Trinajstić information content (AvgIpc) is 3.25. The Bertz CT molecular complexity index is 1290. The van der Waals surface area contributed by atoms with Crippen LogP contribution in [0.4, 0.5) is 4.39 Å². The van der Waals surface area contributed by atoms with Gasteiger partial charge in [0, 0.05) is 18.0 Å². The van der Waals surface area contributed by atoms with Gasteiger partial charge in [-0.05, 0) is 80.8 Å². The Balaban J connectivity index is 1.61. The van der Waals surface area contributed by atoms with Crippen LogP contribution in [0.3, 0.4) is 0 Å². The molecule has 2 unspecified atom stereocenters. The Morgan fingerprint density at radius 3 is 2.35 bits per heavy atom. The number of benzene rings is 2. The Morgan fingerprint density at radius 2 is 1.68 bits per heavy atom. The van der Waals surface area contributed by atoms with Gasteiger partial charge < -0.3 is 5.32 Å².